The summed E-state index contributed by atoms with van der Waals surface area (Å²) in [4.78, 5) is 4.54. The molecule has 0 fully saturated rings. The molecule has 1 heterocycles. The van der Waals surface area contributed by atoms with E-state index in [0.717, 1.165) is 33.7 Å². The average Bonchev–Trinajstić information content (AvgIpc) is 2.39. The Morgan fingerprint density at radius 2 is 1.85 bits per heavy atom. The molecule has 20 heavy (non-hydrogen) atoms. The Bertz CT molecular complexity index is 778. The summed E-state index contributed by atoms with van der Waals surface area (Å²) in [5, 5.41) is 4.50. The summed E-state index contributed by atoms with van der Waals surface area (Å²) in [6.07, 6.45) is 0. The SMILES string of the molecule is Cc1cccc(Nc2cc(C)nc3ccc(N)cc23)c1. The van der Waals surface area contributed by atoms with Crippen molar-refractivity contribution in [1.82, 2.24) is 4.98 Å². The fraction of sp³-hybridized carbons (Fsp3) is 0.118. The molecule has 2 aromatic carbocycles. The van der Waals surface area contributed by atoms with Gasteiger partial charge in [-0.1, -0.05) is 12.1 Å². The summed E-state index contributed by atoms with van der Waals surface area (Å²) in [5.41, 5.74) is 11.9. The lowest BCUT2D eigenvalue weighted by Crippen LogP contribution is -1.96. The molecule has 3 aromatic rings. The van der Waals surface area contributed by atoms with Gasteiger partial charge >= 0.3 is 0 Å². The van der Waals surface area contributed by atoms with Crippen LogP contribution in [0.1, 0.15) is 11.3 Å². The van der Waals surface area contributed by atoms with Crippen molar-refractivity contribution in [2.24, 2.45) is 0 Å². The van der Waals surface area contributed by atoms with Gasteiger partial charge in [-0.3, -0.25) is 4.98 Å². The van der Waals surface area contributed by atoms with E-state index in [-0.39, 0.29) is 0 Å². The largest absolute Gasteiger partial charge is 0.399 e. The second-order valence-corrected chi connectivity index (χ2v) is 5.08. The zero-order valence-electron chi connectivity index (χ0n) is 11.6. The molecule has 3 N–H and O–H groups in total. The molecule has 0 saturated heterocycles. The van der Waals surface area contributed by atoms with Crippen molar-refractivity contribution in [3.8, 4) is 0 Å². The number of aryl methyl sites for hydroxylation is 2. The maximum atomic E-state index is 5.89. The number of fused-ring (bicyclic) bond motifs is 1. The molecule has 0 amide bonds. The number of hydrogen-bond acceptors (Lipinski definition) is 3. The molecule has 100 valence electrons. The molecule has 0 saturated carbocycles. The lowest BCUT2D eigenvalue weighted by molar-refractivity contribution is 1.25. The summed E-state index contributed by atoms with van der Waals surface area (Å²) >= 11 is 0. The quantitative estimate of drug-likeness (QED) is 0.682. The molecule has 0 spiro atoms. The summed E-state index contributed by atoms with van der Waals surface area (Å²) in [5.74, 6) is 0. The normalized spacial score (nSPS) is 10.7. The van der Waals surface area contributed by atoms with E-state index < -0.39 is 0 Å². The van der Waals surface area contributed by atoms with Crippen molar-refractivity contribution < 1.29 is 0 Å². The Balaban J connectivity index is 2.12. The number of anilines is 3. The van der Waals surface area contributed by atoms with E-state index in [1.807, 2.05) is 37.3 Å². The standard InChI is InChI=1S/C17H17N3/c1-11-4-3-5-14(8-11)20-17-9-12(2)19-16-7-6-13(18)10-15(16)17/h3-10H,18H2,1-2H3,(H,19,20). The van der Waals surface area contributed by atoms with E-state index in [4.69, 9.17) is 5.73 Å². The number of hydrogen-bond donors (Lipinski definition) is 2. The van der Waals surface area contributed by atoms with Crippen LogP contribution in [0.15, 0.2) is 48.5 Å². The van der Waals surface area contributed by atoms with Crippen LogP contribution < -0.4 is 11.1 Å². The summed E-state index contributed by atoms with van der Waals surface area (Å²) in [6, 6.07) is 16.1. The monoisotopic (exact) mass is 263 g/mol. The van der Waals surface area contributed by atoms with E-state index in [1.54, 1.807) is 0 Å². The van der Waals surface area contributed by atoms with E-state index >= 15 is 0 Å². The topological polar surface area (TPSA) is 50.9 Å². The van der Waals surface area contributed by atoms with Gasteiger partial charge < -0.3 is 11.1 Å². The summed E-state index contributed by atoms with van der Waals surface area (Å²) in [7, 11) is 0. The molecule has 3 rings (SSSR count). The van der Waals surface area contributed by atoms with Crippen LogP contribution in [0.4, 0.5) is 17.1 Å². The van der Waals surface area contributed by atoms with Crippen LogP contribution in [-0.2, 0) is 0 Å². The second kappa shape index (κ2) is 4.85. The van der Waals surface area contributed by atoms with Crippen molar-refractivity contribution in [2.45, 2.75) is 13.8 Å². The van der Waals surface area contributed by atoms with Crippen LogP contribution in [0.3, 0.4) is 0 Å². The third-order valence-electron chi connectivity index (χ3n) is 3.26. The summed E-state index contributed by atoms with van der Waals surface area (Å²) in [6.45, 7) is 4.08. The molecule has 3 nitrogen and oxygen atoms in total. The number of aromatic nitrogens is 1. The minimum absolute atomic E-state index is 0.746. The number of pyridine rings is 1. The van der Waals surface area contributed by atoms with Gasteiger partial charge in [0.15, 0.2) is 0 Å². The second-order valence-electron chi connectivity index (χ2n) is 5.08. The van der Waals surface area contributed by atoms with Gasteiger partial charge in [-0.2, -0.15) is 0 Å². The molecule has 0 aliphatic rings. The summed E-state index contributed by atoms with van der Waals surface area (Å²) < 4.78 is 0. The molecule has 3 heteroatoms. The van der Waals surface area contributed by atoms with Crippen molar-refractivity contribution in [3.05, 3.63) is 59.8 Å². The van der Waals surface area contributed by atoms with Gasteiger partial charge in [-0.25, -0.2) is 0 Å². The van der Waals surface area contributed by atoms with Crippen molar-refractivity contribution in [1.29, 1.82) is 0 Å². The van der Waals surface area contributed by atoms with Crippen LogP contribution >= 0.6 is 0 Å². The van der Waals surface area contributed by atoms with Gasteiger partial charge in [0.1, 0.15) is 0 Å². The Kier molecular flexibility index (Phi) is 3.03. The van der Waals surface area contributed by atoms with Gasteiger partial charge in [0.25, 0.3) is 0 Å². The molecule has 0 aliphatic carbocycles. The van der Waals surface area contributed by atoms with Gasteiger partial charge in [0, 0.05) is 28.1 Å². The molecule has 1 aromatic heterocycles. The number of nitrogen functional groups attached to an aromatic ring is 1. The zero-order valence-corrected chi connectivity index (χ0v) is 11.6. The highest BCUT2D eigenvalue weighted by Crippen LogP contribution is 2.28. The van der Waals surface area contributed by atoms with Crippen LogP contribution in [0.5, 0.6) is 0 Å². The molecular formula is C17H17N3. The van der Waals surface area contributed by atoms with Crippen LogP contribution in [0.2, 0.25) is 0 Å². The number of nitrogens with two attached hydrogens (primary N) is 1. The molecule has 0 bridgehead atoms. The van der Waals surface area contributed by atoms with Gasteiger partial charge in [0.2, 0.25) is 0 Å². The first-order chi connectivity index (χ1) is 9.61. The highest BCUT2D eigenvalue weighted by atomic mass is 14.9. The fourth-order valence-electron chi connectivity index (χ4n) is 2.36. The van der Waals surface area contributed by atoms with E-state index in [9.17, 15) is 0 Å². The minimum atomic E-state index is 0.746. The van der Waals surface area contributed by atoms with Crippen LogP contribution in [0, 0.1) is 13.8 Å². The number of nitrogens with zero attached hydrogens (tertiary/aromatic N) is 1. The molecule has 0 aliphatic heterocycles. The third kappa shape index (κ3) is 2.43. The molecule has 0 unspecified atom stereocenters. The zero-order chi connectivity index (χ0) is 14.1. The predicted molar refractivity (Wildman–Crippen MR) is 85.4 cm³/mol. The lowest BCUT2D eigenvalue weighted by Gasteiger charge is -2.12. The van der Waals surface area contributed by atoms with Crippen LogP contribution in [-0.4, -0.2) is 4.98 Å². The number of benzene rings is 2. The Hall–Kier alpha value is -2.55. The van der Waals surface area contributed by atoms with Gasteiger partial charge in [0.05, 0.1) is 5.52 Å². The van der Waals surface area contributed by atoms with E-state index in [1.165, 1.54) is 5.56 Å². The van der Waals surface area contributed by atoms with Crippen molar-refractivity contribution in [2.75, 3.05) is 11.1 Å². The van der Waals surface area contributed by atoms with E-state index in [0.29, 0.717) is 0 Å². The maximum Gasteiger partial charge on any atom is 0.0727 e. The Morgan fingerprint density at radius 3 is 2.65 bits per heavy atom. The highest BCUT2D eigenvalue weighted by molar-refractivity contribution is 5.95. The predicted octanol–water partition coefficient (Wildman–Crippen LogP) is 4.18. The van der Waals surface area contributed by atoms with Crippen LogP contribution in [0.25, 0.3) is 10.9 Å². The first-order valence-electron chi connectivity index (χ1n) is 6.62. The maximum absolute atomic E-state index is 5.89. The fourth-order valence-corrected chi connectivity index (χ4v) is 2.36. The minimum Gasteiger partial charge on any atom is -0.399 e. The lowest BCUT2D eigenvalue weighted by atomic mass is 10.1. The van der Waals surface area contributed by atoms with Gasteiger partial charge in [-0.05, 0) is 55.8 Å². The van der Waals surface area contributed by atoms with E-state index in [2.05, 4.69) is 35.4 Å². The van der Waals surface area contributed by atoms with Crippen molar-refractivity contribution >= 4 is 28.0 Å². The Morgan fingerprint density at radius 1 is 1.00 bits per heavy atom. The number of rotatable bonds is 2. The highest BCUT2D eigenvalue weighted by Gasteiger charge is 2.05. The average molecular weight is 263 g/mol. The molecule has 0 atom stereocenters. The smallest absolute Gasteiger partial charge is 0.0727 e. The Labute approximate surface area is 118 Å². The first kappa shape index (κ1) is 12.5. The first-order valence-corrected chi connectivity index (χ1v) is 6.62. The molecule has 0 radical (unpaired) electrons. The van der Waals surface area contributed by atoms with Gasteiger partial charge in [-0.15, -0.1) is 0 Å². The molecular weight excluding hydrogens is 246 g/mol. The van der Waals surface area contributed by atoms with Crippen molar-refractivity contribution in [3.63, 3.8) is 0 Å². The number of nitrogens with one attached hydrogen (secondary N) is 1. The third-order valence-corrected chi connectivity index (χ3v) is 3.26.